The SMILES string of the molecule is CC(=O)OC[C@H]1O[C@@H](SC[C@H]2O[C@@H](SC[C@H]3O[C@@H](OC(C)=O)[C@H](OC(C)=O)[C@@H](S[C@@H]4O[C@H](COC(C)=O)[C@@H](OC(C)=O)[C@H](OC(C)=O)[C@H]4OC(C)=O)[C@@H]3OC(C)=O)[C@H](OC(C)=O)[C@@H](S[C@@H]3O[C@H](COC(C)=O)[C@@H](OC(C)=O)[C@H](OC(C)=O)[C@H]3OC(C)=O)[C@@H]2OC(C)=O)[C@H](OC(C)=O)[C@@H](OC(C)=O)[C@@H]1OC(C)=O. The third-order valence-electron chi connectivity index (χ3n) is 14.9. The lowest BCUT2D eigenvalue weighted by molar-refractivity contribution is -0.258. The molecular weight excluding hydrogens is 1520 g/mol. The maximum absolute atomic E-state index is 13.8. The zero-order chi connectivity index (χ0) is 80.2. The van der Waals surface area contributed by atoms with Crippen molar-refractivity contribution in [1.82, 2.24) is 0 Å². The summed E-state index contributed by atoms with van der Waals surface area (Å²) in [6.45, 7) is 14.5. The Balaban J connectivity index is 1.82. The van der Waals surface area contributed by atoms with Gasteiger partial charge in [0.15, 0.2) is 67.1 Å². The van der Waals surface area contributed by atoms with E-state index in [9.17, 15) is 81.5 Å². The topological polar surface area (TPSA) is 493 Å². The van der Waals surface area contributed by atoms with Crippen LogP contribution in [0.4, 0.5) is 0 Å². The molecule has 5 aliphatic rings. The van der Waals surface area contributed by atoms with E-state index in [1.807, 2.05) is 0 Å². The van der Waals surface area contributed by atoms with Crippen molar-refractivity contribution < 1.29 is 186 Å². The first-order valence-corrected chi connectivity index (χ1v) is 36.6. The summed E-state index contributed by atoms with van der Waals surface area (Å²) < 4.78 is 130. The fourth-order valence-electron chi connectivity index (χ4n) is 11.6. The van der Waals surface area contributed by atoms with Gasteiger partial charge < -0.3 is 104 Å². The maximum Gasteiger partial charge on any atom is 0.305 e. The van der Waals surface area contributed by atoms with Crippen LogP contribution in [-0.4, -0.2) is 281 Å². The first kappa shape index (κ1) is 89.8. The fourth-order valence-corrected chi connectivity index (χ4v) is 17.5. The predicted molar refractivity (Wildman–Crippen MR) is 355 cm³/mol. The molecule has 0 N–H and O–H groups in total. The van der Waals surface area contributed by atoms with E-state index in [-0.39, 0.29) is 0 Å². The molecular formula is C64H86O39S4. The van der Waals surface area contributed by atoms with Crippen LogP contribution in [0.1, 0.15) is 118 Å². The Labute approximate surface area is 628 Å². The molecule has 5 heterocycles. The molecule has 107 heavy (non-hydrogen) atoms. The number of rotatable bonds is 30. The van der Waals surface area contributed by atoms with Crippen molar-refractivity contribution in [2.24, 2.45) is 0 Å². The maximum atomic E-state index is 13.8. The highest BCUT2D eigenvalue weighted by Crippen LogP contribution is 2.48. The Kier molecular flexibility index (Phi) is 35.0. The molecule has 0 amide bonds. The van der Waals surface area contributed by atoms with Crippen LogP contribution in [0.5, 0.6) is 0 Å². The van der Waals surface area contributed by atoms with Gasteiger partial charge in [-0.25, -0.2) is 0 Å². The van der Waals surface area contributed by atoms with Crippen molar-refractivity contribution >= 4 is 149 Å². The Morgan fingerprint density at radius 1 is 0.215 bits per heavy atom. The van der Waals surface area contributed by atoms with Crippen molar-refractivity contribution in [3.63, 3.8) is 0 Å². The smallest absolute Gasteiger partial charge is 0.305 e. The Hall–Kier alpha value is -7.81. The number of carbonyl (C=O) groups excluding carboxylic acids is 17. The Morgan fingerprint density at radius 2 is 0.430 bits per heavy atom. The van der Waals surface area contributed by atoms with Crippen LogP contribution in [0.25, 0.3) is 0 Å². The van der Waals surface area contributed by atoms with Crippen molar-refractivity contribution in [2.45, 2.75) is 266 Å². The number of hydrogen-bond acceptors (Lipinski definition) is 43. The Morgan fingerprint density at radius 3 is 0.729 bits per heavy atom. The summed E-state index contributed by atoms with van der Waals surface area (Å²) in [6.07, 6.45) is -33.2. The molecule has 5 rings (SSSR count). The van der Waals surface area contributed by atoms with Gasteiger partial charge in [-0.1, -0.05) is 0 Å². The first-order valence-electron chi connectivity index (χ1n) is 32.7. The van der Waals surface area contributed by atoms with Crippen LogP contribution in [-0.2, 0) is 186 Å². The van der Waals surface area contributed by atoms with Crippen molar-refractivity contribution in [3.05, 3.63) is 0 Å². The largest absolute Gasteiger partial charge is 0.463 e. The van der Waals surface area contributed by atoms with Gasteiger partial charge in [-0.15, -0.1) is 47.0 Å². The highest BCUT2D eigenvalue weighted by atomic mass is 32.2. The number of ether oxygens (including phenoxy) is 22. The molecule has 0 aromatic rings. The monoisotopic (exact) mass is 1610 g/mol. The van der Waals surface area contributed by atoms with Crippen LogP contribution >= 0.6 is 47.0 Å². The minimum Gasteiger partial charge on any atom is -0.463 e. The standard InChI is InChI=1S/C64H86O39S4/c1-23(65)82-18-40-45(85-26(4)68)50(90-31(9)73)53(93-34(12)76)61(100-40)104-22-44-49(89-30(8)72)59(107-64-55(95-36(14)78)52(92-33(11)75)47(87-28(6)70)42(102-64)20-84-25(3)67)57(97-38(16)80)62(103-44)105-21-43-48(88-29(7)71)58(56(96-37(15)79)60(99-43)98-39(17)81)106-63-54(94-35(13)77)51(91-32(10)74)46(86-27(5)69)41(101-63)19-83-24(2)66/h40-64H,18-22H2,1-17H3/t40-,41-,42-,43-,44-,45-,46-,47-,48-,49-,50+,51+,52+,53-,54-,55-,56-,57-,58+,59+,60-,61+,62+,63+,64+/m1/s1. The van der Waals surface area contributed by atoms with Crippen LogP contribution in [0.2, 0.25) is 0 Å². The molecule has 5 fully saturated rings. The molecule has 0 aliphatic carbocycles. The van der Waals surface area contributed by atoms with Crippen molar-refractivity contribution in [2.75, 3.05) is 31.3 Å². The van der Waals surface area contributed by atoms with E-state index in [0.717, 1.165) is 118 Å². The average Bonchev–Trinajstić information content (AvgIpc) is 0.769. The molecule has 5 aliphatic heterocycles. The van der Waals surface area contributed by atoms with Gasteiger partial charge in [0.1, 0.15) is 84.3 Å². The van der Waals surface area contributed by atoms with E-state index in [4.69, 9.17) is 104 Å². The van der Waals surface area contributed by atoms with Crippen molar-refractivity contribution in [3.8, 4) is 0 Å². The second-order valence-corrected chi connectivity index (χ2v) is 28.9. The summed E-state index contributed by atoms with van der Waals surface area (Å²) in [4.78, 5) is 222. The molecule has 0 aromatic carbocycles. The normalized spacial score (nSPS) is 32.3. The van der Waals surface area contributed by atoms with Crippen LogP contribution in [0, 0.1) is 0 Å². The number of hydrogen-bond donors (Lipinski definition) is 0. The van der Waals surface area contributed by atoms with Crippen LogP contribution < -0.4 is 0 Å². The summed E-state index contributed by atoms with van der Waals surface area (Å²) in [6, 6.07) is 0. The molecule has 0 unspecified atom stereocenters. The molecule has 25 atom stereocenters. The molecule has 43 heteroatoms. The van der Waals surface area contributed by atoms with Gasteiger partial charge in [-0.05, 0) is 0 Å². The zero-order valence-corrected chi connectivity index (χ0v) is 64.3. The number of thioether (sulfide) groups is 4. The fraction of sp³-hybridized carbons (Fsp3) is 0.734. The zero-order valence-electron chi connectivity index (χ0n) is 61.0. The summed E-state index contributed by atoms with van der Waals surface area (Å²) in [5, 5.41) is -3.34. The minimum absolute atomic E-state index is 0.545. The molecule has 39 nitrogen and oxygen atoms in total. The van der Waals surface area contributed by atoms with Crippen LogP contribution in [0.3, 0.4) is 0 Å². The third-order valence-corrected chi connectivity index (χ3v) is 20.4. The van der Waals surface area contributed by atoms with E-state index < -0.39 is 281 Å². The van der Waals surface area contributed by atoms with Gasteiger partial charge in [0, 0.05) is 129 Å². The first-order chi connectivity index (χ1) is 50.0. The second-order valence-electron chi connectivity index (χ2n) is 24.1. The molecule has 0 saturated carbocycles. The summed E-state index contributed by atoms with van der Waals surface area (Å²) in [7, 11) is 0. The highest BCUT2D eigenvalue weighted by Gasteiger charge is 2.62. The lowest BCUT2D eigenvalue weighted by Gasteiger charge is -2.50. The van der Waals surface area contributed by atoms with Gasteiger partial charge in [0.25, 0.3) is 0 Å². The third kappa shape index (κ3) is 27.7. The van der Waals surface area contributed by atoms with Gasteiger partial charge in [0.05, 0.1) is 10.5 Å². The predicted octanol–water partition coefficient (Wildman–Crippen LogP) is 0.645. The van der Waals surface area contributed by atoms with Gasteiger partial charge in [-0.3, -0.25) is 81.5 Å². The molecule has 0 bridgehead atoms. The van der Waals surface area contributed by atoms with Gasteiger partial charge >= 0.3 is 101 Å². The van der Waals surface area contributed by atoms with E-state index in [0.29, 0.717) is 47.0 Å². The number of esters is 17. The van der Waals surface area contributed by atoms with Crippen molar-refractivity contribution in [1.29, 1.82) is 0 Å². The molecule has 0 radical (unpaired) electrons. The average molecular weight is 1610 g/mol. The summed E-state index contributed by atoms with van der Waals surface area (Å²) in [5.41, 5.74) is -6.83. The molecule has 0 aromatic heterocycles. The lowest BCUT2D eigenvalue weighted by Crippen LogP contribution is -2.65. The van der Waals surface area contributed by atoms with Crippen LogP contribution in [0.15, 0.2) is 0 Å². The summed E-state index contributed by atoms with van der Waals surface area (Å²) in [5.74, 6) is -18.2. The van der Waals surface area contributed by atoms with E-state index in [1.54, 1.807) is 0 Å². The molecule has 5 saturated heterocycles. The Bertz CT molecular complexity index is 3260. The number of carbonyl (C=O) groups is 17. The van der Waals surface area contributed by atoms with E-state index in [1.165, 1.54) is 0 Å². The molecule has 600 valence electrons. The molecule has 0 spiro atoms. The quantitative estimate of drug-likeness (QED) is 0.0703. The van der Waals surface area contributed by atoms with E-state index in [2.05, 4.69) is 0 Å². The second kappa shape index (κ2) is 41.7. The van der Waals surface area contributed by atoms with E-state index >= 15 is 0 Å². The van der Waals surface area contributed by atoms with Gasteiger partial charge in [-0.2, -0.15) is 0 Å². The highest BCUT2D eigenvalue weighted by molar-refractivity contribution is 8.01. The summed E-state index contributed by atoms with van der Waals surface area (Å²) >= 11 is 2.49. The lowest BCUT2D eigenvalue weighted by atomic mass is 9.99. The minimum atomic E-state index is -2.02. The van der Waals surface area contributed by atoms with Gasteiger partial charge in [0.2, 0.25) is 6.29 Å².